The van der Waals surface area contributed by atoms with Crippen LogP contribution in [0, 0.1) is 5.92 Å². The summed E-state index contributed by atoms with van der Waals surface area (Å²) in [7, 11) is 1.88. The number of nitrogens with zero attached hydrogens (tertiary/aromatic N) is 1. The first kappa shape index (κ1) is 18.2. The first-order chi connectivity index (χ1) is 10.5. The second-order valence-electron chi connectivity index (χ2n) is 5.31. The molecule has 0 saturated heterocycles. The zero-order valence-electron chi connectivity index (χ0n) is 13.6. The van der Waals surface area contributed by atoms with Crippen molar-refractivity contribution in [2.45, 2.75) is 26.9 Å². The Bertz CT molecular complexity index is 461. The van der Waals surface area contributed by atoms with Crippen LogP contribution < -0.4 is 0 Å². The summed E-state index contributed by atoms with van der Waals surface area (Å²) in [6.07, 6.45) is 0.329. The number of hydrogen-bond donors (Lipinski definition) is 0. The monoisotopic (exact) mass is 307 g/mol. The van der Waals surface area contributed by atoms with E-state index >= 15 is 0 Å². The molecule has 122 valence electrons. The van der Waals surface area contributed by atoms with Gasteiger partial charge in [-0.15, -0.1) is 0 Å². The van der Waals surface area contributed by atoms with Crippen molar-refractivity contribution in [2.75, 3.05) is 26.7 Å². The molecular weight excluding hydrogens is 282 g/mol. The van der Waals surface area contributed by atoms with E-state index < -0.39 is 0 Å². The lowest BCUT2D eigenvalue weighted by molar-refractivity contribution is -0.149. The topological polar surface area (TPSA) is 55.8 Å². The Morgan fingerprint density at radius 2 is 1.86 bits per heavy atom. The molecule has 1 aromatic rings. The van der Waals surface area contributed by atoms with E-state index in [2.05, 4.69) is 0 Å². The van der Waals surface area contributed by atoms with E-state index in [-0.39, 0.29) is 24.5 Å². The third-order valence-electron chi connectivity index (χ3n) is 3.21. The predicted molar refractivity (Wildman–Crippen MR) is 84.1 cm³/mol. The largest absolute Gasteiger partial charge is 0.466 e. The highest BCUT2D eigenvalue weighted by Crippen LogP contribution is 2.06. The maximum Gasteiger partial charge on any atom is 0.310 e. The minimum absolute atomic E-state index is 0.214. The van der Waals surface area contributed by atoms with E-state index in [0.29, 0.717) is 26.1 Å². The smallest absolute Gasteiger partial charge is 0.310 e. The molecule has 1 atom stereocenters. The van der Waals surface area contributed by atoms with Crippen LogP contribution in [0.25, 0.3) is 0 Å². The Hall–Kier alpha value is -1.88. The van der Waals surface area contributed by atoms with Gasteiger partial charge in [0.1, 0.15) is 6.61 Å². The molecule has 0 fully saturated rings. The van der Waals surface area contributed by atoms with Gasteiger partial charge in [0.05, 0.1) is 18.9 Å². The zero-order valence-corrected chi connectivity index (χ0v) is 13.6. The van der Waals surface area contributed by atoms with Crippen LogP contribution in [0.15, 0.2) is 30.3 Å². The Kier molecular flexibility index (Phi) is 8.22. The number of carbonyl (C=O) groups excluding carboxylic acids is 2. The molecule has 0 aromatic heterocycles. The standard InChI is InChI=1S/C17H25NO4/c1-4-21-16(19)10-11-18(3)12-14(2)17(20)22-13-15-8-6-5-7-9-15/h5-9,14H,4,10-13H2,1-3H3. The van der Waals surface area contributed by atoms with Crippen LogP contribution in [-0.2, 0) is 25.7 Å². The van der Waals surface area contributed by atoms with Gasteiger partial charge in [-0.2, -0.15) is 0 Å². The zero-order chi connectivity index (χ0) is 16.4. The van der Waals surface area contributed by atoms with Gasteiger partial charge in [-0.05, 0) is 19.5 Å². The number of ether oxygens (including phenoxy) is 2. The van der Waals surface area contributed by atoms with E-state index in [0.717, 1.165) is 5.56 Å². The Labute approximate surface area is 132 Å². The summed E-state index contributed by atoms with van der Waals surface area (Å²) in [6.45, 7) is 5.41. The molecule has 1 rings (SSSR count). The second-order valence-corrected chi connectivity index (χ2v) is 5.31. The molecule has 22 heavy (non-hydrogen) atoms. The van der Waals surface area contributed by atoms with Gasteiger partial charge in [0.25, 0.3) is 0 Å². The van der Waals surface area contributed by atoms with Gasteiger partial charge in [0, 0.05) is 13.1 Å². The first-order valence-electron chi connectivity index (χ1n) is 7.57. The highest BCUT2D eigenvalue weighted by atomic mass is 16.5. The highest BCUT2D eigenvalue weighted by Gasteiger charge is 2.17. The lowest BCUT2D eigenvalue weighted by Gasteiger charge is -2.20. The molecule has 0 spiro atoms. The van der Waals surface area contributed by atoms with Gasteiger partial charge >= 0.3 is 11.9 Å². The summed E-state index contributed by atoms with van der Waals surface area (Å²) in [5, 5.41) is 0. The Morgan fingerprint density at radius 3 is 2.50 bits per heavy atom. The molecule has 0 aliphatic heterocycles. The van der Waals surface area contributed by atoms with Crippen molar-refractivity contribution in [1.82, 2.24) is 4.90 Å². The van der Waals surface area contributed by atoms with Gasteiger partial charge in [-0.3, -0.25) is 9.59 Å². The molecule has 1 aromatic carbocycles. The third kappa shape index (κ3) is 7.22. The van der Waals surface area contributed by atoms with Crippen molar-refractivity contribution in [1.29, 1.82) is 0 Å². The van der Waals surface area contributed by atoms with Gasteiger partial charge < -0.3 is 14.4 Å². The van der Waals surface area contributed by atoms with E-state index in [9.17, 15) is 9.59 Å². The minimum atomic E-state index is -0.240. The summed E-state index contributed by atoms with van der Waals surface area (Å²) in [5.74, 6) is -0.684. The number of carbonyl (C=O) groups is 2. The van der Waals surface area contributed by atoms with E-state index in [1.807, 2.05) is 49.2 Å². The van der Waals surface area contributed by atoms with Crippen LogP contribution in [0.1, 0.15) is 25.8 Å². The molecule has 0 aliphatic carbocycles. The summed E-state index contributed by atoms with van der Waals surface area (Å²) in [6, 6.07) is 9.59. The van der Waals surface area contributed by atoms with E-state index in [4.69, 9.17) is 9.47 Å². The molecule has 0 N–H and O–H groups in total. The summed E-state index contributed by atoms with van der Waals surface area (Å²) >= 11 is 0. The van der Waals surface area contributed by atoms with Gasteiger partial charge in [0.2, 0.25) is 0 Å². The van der Waals surface area contributed by atoms with Crippen molar-refractivity contribution in [3.63, 3.8) is 0 Å². The fourth-order valence-corrected chi connectivity index (χ4v) is 2.02. The van der Waals surface area contributed by atoms with Crippen LogP contribution >= 0.6 is 0 Å². The average Bonchev–Trinajstić information content (AvgIpc) is 2.52. The molecule has 0 amide bonds. The molecule has 0 aliphatic rings. The lowest BCUT2D eigenvalue weighted by atomic mass is 10.1. The Morgan fingerprint density at radius 1 is 1.18 bits per heavy atom. The normalized spacial score (nSPS) is 12.0. The van der Waals surface area contributed by atoms with Gasteiger partial charge in [-0.25, -0.2) is 0 Å². The van der Waals surface area contributed by atoms with Crippen molar-refractivity contribution in [3.8, 4) is 0 Å². The SMILES string of the molecule is CCOC(=O)CCN(C)CC(C)C(=O)OCc1ccccc1. The summed E-state index contributed by atoms with van der Waals surface area (Å²) in [5.41, 5.74) is 0.971. The molecule has 5 heteroatoms. The van der Waals surface area contributed by atoms with Crippen LogP contribution in [0.3, 0.4) is 0 Å². The van der Waals surface area contributed by atoms with Crippen LogP contribution in [-0.4, -0.2) is 43.6 Å². The maximum absolute atomic E-state index is 12.0. The Balaban J connectivity index is 2.26. The number of benzene rings is 1. The number of rotatable bonds is 9. The number of esters is 2. The van der Waals surface area contributed by atoms with Crippen molar-refractivity contribution in [3.05, 3.63) is 35.9 Å². The van der Waals surface area contributed by atoms with Crippen LogP contribution in [0.5, 0.6) is 0 Å². The van der Waals surface area contributed by atoms with Crippen molar-refractivity contribution < 1.29 is 19.1 Å². The predicted octanol–water partition coefficient (Wildman–Crippen LogP) is 2.25. The lowest BCUT2D eigenvalue weighted by Crippen LogP contribution is -2.31. The molecule has 0 bridgehead atoms. The molecular formula is C17H25NO4. The molecule has 0 saturated carbocycles. The van der Waals surface area contributed by atoms with E-state index in [1.165, 1.54) is 0 Å². The number of hydrogen-bond acceptors (Lipinski definition) is 5. The van der Waals surface area contributed by atoms with Crippen molar-refractivity contribution in [2.24, 2.45) is 5.92 Å². The second kappa shape index (κ2) is 9.95. The molecule has 5 nitrogen and oxygen atoms in total. The minimum Gasteiger partial charge on any atom is -0.466 e. The summed E-state index contributed by atoms with van der Waals surface area (Å²) < 4.78 is 10.2. The van der Waals surface area contributed by atoms with Gasteiger partial charge in [0.15, 0.2) is 0 Å². The highest BCUT2D eigenvalue weighted by molar-refractivity contribution is 5.72. The van der Waals surface area contributed by atoms with Crippen LogP contribution in [0.4, 0.5) is 0 Å². The molecule has 0 heterocycles. The molecule has 0 radical (unpaired) electrons. The van der Waals surface area contributed by atoms with Crippen molar-refractivity contribution >= 4 is 11.9 Å². The van der Waals surface area contributed by atoms with Crippen LogP contribution in [0.2, 0.25) is 0 Å². The van der Waals surface area contributed by atoms with E-state index in [1.54, 1.807) is 6.92 Å². The fraction of sp³-hybridized carbons (Fsp3) is 0.529. The maximum atomic E-state index is 12.0. The summed E-state index contributed by atoms with van der Waals surface area (Å²) in [4.78, 5) is 25.2. The average molecular weight is 307 g/mol. The third-order valence-corrected chi connectivity index (χ3v) is 3.21. The quantitative estimate of drug-likeness (QED) is 0.655. The molecule has 1 unspecified atom stereocenters. The fourth-order valence-electron chi connectivity index (χ4n) is 2.02. The van der Waals surface area contributed by atoms with Gasteiger partial charge in [-0.1, -0.05) is 37.3 Å². The first-order valence-corrected chi connectivity index (χ1v) is 7.57.